The van der Waals surface area contributed by atoms with Crippen molar-refractivity contribution in [3.8, 4) is 0 Å². The van der Waals surface area contributed by atoms with Crippen molar-refractivity contribution in [3.63, 3.8) is 0 Å². The van der Waals surface area contributed by atoms with Crippen molar-refractivity contribution in [2.75, 3.05) is 11.1 Å². The molecule has 0 spiro atoms. The van der Waals surface area contributed by atoms with Crippen LogP contribution in [0.25, 0.3) is 0 Å². The van der Waals surface area contributed by atoms with Gasteiger partial charge in [0.25, 0.3) is 0 Å². The lowest BCUT2D eigenvalue weighted by atomic mass is 9.99. The maximum absolute atomic E-state index is 12.2. The quantitative estimate of drug-likeness (QED) is 0.620. The summed E-state index contributed by atoms with van der Waals surface area (Å²) < 4.78 is 0. The zero-order chi connectivity index (χ0) is 13.0. The molecule has 0 bridgehead atoms. The molecular weight excluding hydrogens is 224 g/mol. The highest BCUT2D eigenvalue weighted by Crippen LogP contribution is 2.25. The van der Waals surface area contributed by atoms with Crippen LogP contribution in [0.3, 0.4) is 0 Å². The van der Waals surface area contributed by atoms with E-state index in [1.165, 1.54) is 25.7 Å². The zero-order valence-corrected chi connectivity index (χ0v) is 11.0. The summed E-state index contributed by atoms with van der Waals surface area (Å²) in [6.07, 6.45) is 6.92. The number of hydrogen-bond donors (Lipinski definition) is 2. The maximum Gasteiger partial charge on any atom is 0.227 e. The van der Waals surface area contributed by atoms with E-state index in [9.17, 15) is 4.79 Å². The van der Waals surface area contributed by atoms with Gasteiger partial charge < -0.3 is 11.1 Å². The molecule has 3 nitrogen and oxygen atoms in total. The molecule has 0 radical (unpaired) electrons. The molecular formula is C15H22N2O. The first-order valence-electron chi connectivity index (χ1n) is 6.84. The Kier molecular flexibility index (Phi) is 4.24. The van der Waals surface area contributed by atoms with Gasteiger partial charge in [0, 0.05) is 17.3 Å². The fourth-order valence-electron chi connectivity index (χ4n) is 2.50. The standard InChI is InChI=1S/C15H22N2O/c1-11-8-9-13(10-14(11)16)17-15(18)12-6-4-2-3-5-7-12/h8-10,12H,2-7,16H2,1H3,(H,17,18). The summed E-state index contributed by atoms with van der Waals surface area (Å²) >= 11 is 0. The number of amides is 1. The second-order valence-corrected chi connectivity index (χ2v) is 5.25. The molecule has 0 aromatic heterocycles. The van der Waals surface area contributed by atoms with Gasteiger partial charge in [0.1, 0.15) is 0 Å². The van der Waals surface area contributed by atoms with Crippen LogP contribution in [-0.2, 0) is 4.79 Å². The number of nitrogen functional groups attached to an aromatic ring is 1. The molecule has 1 aromatic carbocycles. The number of benzene rings is 1. The van der Waals surface area contributed by atoms with Crippen LogP contribution < -0.4 is 11.1 Å². The Morgan fingerprint density at radius 3 is 2.50 bits per heavy atom. The van der Waals surface area contributed by atoms with E-state index in [0.29, 0.717) is 0 Å². The summed E-state index contributed by atoms with van der Waals surface area (Å²) in [6.45, 7) is 1.96. The minimum Gasteiger partial charge on any atom is -0.398 e. The summed E-state index contributed by atoms with van der Waals surface area (Å²) in [6, 6.07) is 5.70. The number of carbonyl (C=O) groups excluding carboxylic acids is 1. The minimum absolute atomic E-state index is 0.153. The Morgan fingerprint density at radius 1 is 1.22 bits per heavy atom. The smallest absolute Gasteiger partial charge is 0.227 e. The number of aryl methyl sites for hydroxylation is 1. The average molecular weight is 246 g/mol. The first-order valence-corrected chi connectivity index (χ1v) is 6.84. The van der Waals surface area contributed by atoms with E-state index in [1.807, 2.05) is 25.1 Å². The van der Waals surface area contributed by atoms with Crippen LogP contribution in [0.5, 0.6) is 0 Å². The van der Waals surface area contributed by atoms with Gasteiger partial charge in [-0.2, -0.15) is 0 Å². The summed E-state index contributed by atoms with van der Waals surface area (Å²) in [5.41, 5.74) is 8.44. The summed E-state index contributed by atoms with van der Waals surface area (Å²) in [5.74, 6) is 0.329. The second kappa shape index (κ2) is 5.89. The lowest BCUT2D eigenvalue weighted by Crippen LogP contribution is -2.22. The fourth-order valence-corrected chi connectivity index (χ4v) is 2.50. The molecule has 1 saturated carbocycles. The van der Waals surface area contributed by atoms with E-state index in [-0.39, 0.29) is 11.8 Å². The van der Waals surface area contributed by atoms with Crippen LogP contribution in [0.2, 0.25) is 0 Å². The van der Waals surface area contributed by atoms with Gasteiger partial charge in [0.15, 0.2) is 0 Å². The highest BCUT2D eigenvalue weighted by atomic mass is 16.1. The molecule has 1 aliphatic carbocycles. The van der Waals surface area contributed by atoms with E-state index in [4.69, 9.17) is 5.73 Å². The van der Waals surface area contributed by atoms with Gasteiger partial charge in [-0.1, -0.05) is 31.7 Å². The van der Waals surface area contributed by atoms with Crippen LogP contribution >= 0.6 is 0 Å². The summed E-state index contributed by atoms with van der Waals surface area (Å²) in [7, 11) is 0. The van der Waals surface area contributed by atoms with Gasteiger partial charge in [-0.05, 0) is 37.5 Å². The third-order valence-corrected chi connectivity index (χ3v) is 3.77. The third-order valence-electron chi connectivity index (χ3n) is 3.77. The fraction of sp³-hybridized carbons (Fsp3) is 0.533. The van der Waals surface area contributed by atoms with Crippen LogP contribution in [0.15, 0.2) is 18.2 Å². The SMILES string of the molecule is Cc1ccc(NC(=O)C2CCCCCC2)cc1N. The predicted molar refractivity (Wildman–Crippen MR) is 75.4 cm³/mol. The zero-order valence-electron chi connectivity index (χ0n) is 11.0. The molecule has 3 heteroatoms. The number of carbonyl (C=O) groups is 1. The minimum atomic E-state index is 0.153. The molecule has 0 atom stereocenters. The van der Waals surface area contributed by atoms with Crippen molar-refractivity contribution in [2.45, 2.75) is 45.4 Å². The topological polar surface area (TPSA) is 55.1 Å². The molecule has 0 heterocycles. The summed E-state index contributed by atoms with van der Waals surface area (Å²) in [5, 5.41) is 2.99. The van der Waals surface area contributed by atoms with Gasteiger partial charge in [-0.3, -0.25) is 4.79 Å². The number of anilines is 2. The molecule has 0 saturated heterocycles. The monoisotopic (exact) mass is 246 g/mol. The second-order valence-electron chi connectivity index (χ2n) is 5.25. The van der Waals surface area contributed by atoms with Crippen molar-refractivity contribution in [1.29, 1.82) is 0 Å². The lowest BCUT2D eigenvalue weighted by molar-refractivity contribution is -0.120. The van der Waals surface area contributed by atoms with Gasteiger partial charge in [0.05, 0.1) is 0 Å². The van der Waals surface area contributed by atoms with E-state index >= 15 is 0 Å². The van der Waals surface area contributed by atoms with Crippen molar-refractivity contribution in [2.24, 2.45) is 5.92 Å². The number of rotatable bonds is 2. The molecule has 1 aliphatic rings. The van der Waals surface area contributed by atoms with Crippen molar-refractivity contribution >= 4 is 17.3 Å². The van der Waals surface area contributed by atoms with E-state index in [2.05, 4.69) is 5.32 Å². The van der Waals surface area contributed by atoms with Crippen molar-refractivity contribution in [1.82, 2.24) is 0 Å². The molecule has 3 N–H and O–H groups in total. The highest BCUT2D eigenvalue weighted by molar-refractivity contribution is 5.93. The van der Waals surface area contributed by atoms with E-state index < -0.39 is 0 Å². The van der Waals surface area contributed by atoms with Crippen LogP contribution in [-0.4, -0.2) is 5.91 Å². The van der Waals surface area contributed by atoms with Crippen LogP contribution in [0.4, 0.5) is 11.4 Å². The Bertz CT molecular complexity index is 421. The molecule has 0 aliphatic heterocycles. The lowest BCUT2D eigenvalue weighted by Gasteiger charge is -2.14. The van der Waals surface area contributed by atoms with Crippen LogP contribution in [0, 0.1) is 12.8 Å². The van der Waals surface area contributed by atoms with Gasteiger partial charge in [-0.25, -0.2) is 0 Å². The molecule has 1 fully saturated rings. The predicted octanol–water partition coefficient (Wildman–Crippen LogP) is 3.49. The first-order chi connectivity index (χ1) is 8.66. The van der Waals surface area contributed by atoms with Crippen LogP contribution in [0.1, 0.15) is 44.1 Å². The Morgan fingerprint density at radius 2 is 1.89 bits per heavy atom. The van der Waals surface area contributed by atoms with E-state index in [0.717, 1.165) is 29.8 Å². The normalized spacial score (nSPS) is 17.2. The average Bonchev–Trinajstić information content (AvgIpc) is 2.62. The Hall–Kier alpha value is -1.51. The van der Waals surface area contributed by atoms with Gasteiger partial charge in [-0.15, -0.1) is 0 Å². The molecule has 1 amide bonds. The third kappa shape index (κ3) is 3.25. The van der Waals surface area contributed by atoms with Gasteiger partial charge >= 0.3 is 0 Å². The molecule has 2 rings (SSSR count). The molecule has 1 aromatic rings. The molecule has 18 heavy (non-hydrogen) atoms. The Labute approximate surface area is 109 Å². The van der Waals surface area contributed by atoms with Crippen molar-refractivity contribution in [3.05, 3.63) is 23.8 Å². The largest absolute Gasteiger partial charge is 0.398 e. The van der Waals surface area contributed by atoms with Gasteiger partial charge in [0.2, 0.25) is 5.91 Å². The Balaban J connectivity index is 1.99. The number of nitrogens with two attached hydrogens (primary N) is 1. The number of hydrogen-bond acceptors (Lipinski definition) is 2. The molecule has 98 valence electrons. The molecule has 0 unspecified atom stereocenters. The first kappa shape index (κ1) is 12.9. The number of nitrogens with one attached hydrogen (secondary N) is 1. The maximum atomic E-state index is 12.2. The summed E-state index contributed by atoms with van der Waals surface area (Å²) in [4.78, 5) is 12.2. The van der Waals surface area contributed by atoms with Crippen molar-refractivity contribution < 1.29 is 4.79 Å². The van der Waals surface area contributed by atoms with E-state index in [1.54, 1.807) is 0 Å². The highest BCUT2D eigenvalue weighted by Gasteiger charge is 2.19.